The van der Waals surface area contributed by atoms with Crippen molar-refractivity contribution >= 4 is 5.97 Å². The molecule has 0 aromatic rings. The van der Waals surface area contributed by atoms with E-state index < -0.39 is 5.97 Å². The molecule has 0 amide bonds. The number of hydrogen-bond acceptors (Lipinski definition) is 4. The van der Waals surface area contributed by atoms with E-state index in [0.29, 0.717) is 12.2 Å². The van der Waals surface area contributed by atoms with Crippen molar-refractivity contribution in [2.75, 3.05) is 19.8 Å². The molecule has 0 aliphatic heterocycles. The van der Waals surface area contributed by atoms with Gasteiger partial charge in [-0.1, -0.05) is 12.7 Å². The van der Waals surface area contributed by atoms with Crippen molar-refractivity contribution in [2.45, 2.75) is 6.92 Å². The normalized spacial score (nSPS) is 9.31. The van der Waals surface area contributed by atoms with Gasteiger partial charge < -0.3 is 4.74 Å². The molecule has 0 fully saturated rings. The highest BCUT2D eigenvalue weighted by molar-refractivity contribution is 5.86. The Hall–Kier alpha value is -1.13. The molecule has 0 aliphatic carbocycles. The van der Waals surface area contributed by atoms with Crippen LogP contribution >= 0.6 is 0 Å². The van der Waals surface area contributed by atoms with E-state index in [1.165, 1.54) is 0 Å². The molecule has 74 valence electrons. The smallest absolute Gasteiger partial charge is 0.333 e. The lowest BCUT2D eigenvalue weighted by Crippen LogP contribution is -2.11. The summed E-state index contributed by atoms with van der Waals surface area (Å²) in [6.45, 7) is 9.10. The van der Waals surface area contributed by atoms with Gasteiger partial charge in [0.2, 0.25) is 0 Å². The van der Waals surface area contributed by atoms with Gasteiger partial charge in [-0.25, -0.2) is 14.6 Å². The second kappa shape index (κ2) is 7.52. The standard InChI is InChI=1S/C9H14O4/c1-4-5-12-13-7-6-11-9(10)8(2)3/h4H,1-2,5-7H2,3H3. The van der Waals surface area contributed by atoms with Gasteiger partial charge in [0.15, 0.2) is 0 Å². The van der Waals surface area contributed by atoms with Crippen LogP contribution in [0.1, 0.15) is 6.92 Å². The van der Waals surface area contributed by atoms with Crippen molar-refractivity contribution < 1.29 is 19.3 Å². The van der Waals surface area contributed by atoms with E-state index in [2.05, 4.69) is 22.9 Å². The maximum absolute atomic E-state index is 10.8. The predicted molar refractivity (Wildman–Crippen MR) is 47.9 cm³/mol. The van der Waals surface area contributed by atoms with Gasteiger partial charge in [0.25, 0.3) is 0 Å². The van der Waals surface area contributed by atoms with Crippen LogP contribution in [0.3, 0.4) is 0 Å². The number of carbonyl (C=O) groups excluding carboxylic acids is 1. The molecular formula is C9H14O4. The molecule has 0 aromatic heterocycles. The molecule has 0 bridgehead atoms. The molecule has 0 unspecified atom stereocenters. The lowest BCUT2D eigenvalue weighted by atomic mass is 10.4. The third-order valence-electron chi connectivity index (χ3n) is 1.02. The van der Waals surface area contributed by atoms with Crippen molar-refractivity contribution in [3.05, 3.63) is 24.8 Å². The molecule has 13 heavy (non-hydrogen) atoms. The Balaban J connectivity index is 3.21. The average Bonchev–Trinajstić information content (AvgIpc) is 2.10. The fourth-order valence-electron chi connectivity index (χ4n) is 0.447. The van der Waals surface area contributed by atoms with Gasteiger partial charge in [0.1, 0.15) is 19.8 Å². The Bertz CT molecular complexity index is 186. The molecule has 0 aromatic carbocycles. The SMILES string of the molecule is C=CCOOCCOC(=O)C(=C)C. The van der Waals surface area contributed by atoms with E-state index in [4.69, 9.17) is 4.74 Å². The summed E-state index contributed by atoms with van der Waals surface area (Å²) in [6.07, 6.45) is 1.56. The fourth-order valence-corrected chi connectivity index (χ4v) is 0.447. The minimum Gasteiger partial charge on any atom is -0.460 e. The van der Waals surface area contributed by atoms with Crippen LogP contribution in [0.4, 0.5) is 0 Å². The van der Waals surface area contributed by atoms with Gasteiger partial charge >= 0.3 is 5.97 Å². The summed E-state index contributed by atoms with van der Waals surface area (Å²) >= 11 is 0. The maximum Gasteiger partial charge on any atom is 0.333 e. The van der Waals surface area contributed by atoms with Gasteiger partial charge in [0, 0.05) is 5.57 Å². The van der Waals surface area contributed by atoms with E-state index in [0.717, 1.165) is 0 Å². The van der Waals surface area contributed by atoms with Crippen LogP contribution in [0.5, 0.6) is 0 Å². The molecule has 0 spiro atoms. The van der Waals surface area contributed by atoms with Crippen LogP contribution in [0.15, 0.2) is 24.8 Å². The number of esters is 1. The molecule has 0 N–H and O–H groups in total. The predicted octanol–water partition coefficient (Wildman–Crippen LogP) is 1.24. The quantitative estimate of drug-likeness (QED) is 0.150. The summed E-state index contributed by atoms with van der Waals surface area (Å²) < 4.78 is 4.71. The zero-order valence-corrected chi connectivity index (χ0v) is 7.75. The van der Waals surface area contributed by atoms with E-state index in [1.54, 1.807) is 13.0 Å². The van der Waals surface area contributed by atoms with Crippen LogP contribution < -0.4 is 0 Å². The first kappa shape index (κ1) is 11.9. The van der Waals surface area contributed by atoms with Crippen LogP contribution in [-0.2, 0) is 19.3 Å². The zero-order chi connectivity index (χ0) is 10.1. The van der Waals surface area contributed by atoms with Crippen LogP contribution in [-0.4, -0.2) is 25.8 Å². The van der Waals surface area contributed by atoms with Gasteiger partial charge in [-0.15, -0.1) is 6.58 Å². The van der Waals surface area contributed by atoms with Crippen molar-refractivity contribution in [3.63, 3.8) is 0 Å². The second-order valence-corrected chi connectivity index (χ2v) is 2.31. The second-order valence-electron chi connectivity index (χ2n) is 2.31. The first-order chi connectivity index (χ1) is 6.18. The van der Waals surface area contributed by atoms with Gasteiger partial charge in [-0.2, -0.15) is 0 Å². The number of ether oxygens (including phenoxy) is 1. The first-order valence-electron chi connectivity index (χ1n) is 3.86. The lowest BCUT2D eigenvalue weighted by molar-refractivity contribution is -0.290. The molecule has 0 saturated heterocycles. The highest BCUT2D eigenvalue weighted by Gasteiger charge is 2.01. The zero-order valence-electron chi connectivity index (χ0n) is 7.75. The molecule has 0 saturated carbocycles. The third-order valence-corrected chi connectivity index (χ3v) is 1.02. The van der Waals surface area contributed by atoms with Crippen LogP contribution in [0.2, 0.25) is 0 Å². The summed E-state index contributed by atoms with van der Waals surface area (Å²) in [7, 11) is 0. The monoisotopic (exact) mass is 186 g/mol. The van der Waals surface area contributed by atoms with E-state index in [-0.39, 0.29) is 13.2 Å². The first-order valence-corrected chi connectivity index (χ1v) is 3.86. The summed E-state index contributed by atoms with van der Waals surface area (Å²) in [5.74, 6) is -0.424. The Kier molecular flexibility index (Phi) is 6.86. The van der Waals surface area contributed by atoms with Crippen molar-refractivity contribution in [3.8, 4) is 0 Å². The Morgan fingerprint density at radius 1 is 1.38 bits per heavy atom. The summed E-state index contributed by atoms with van der Waals surface area (Å²) in [6, 6.07) is 0. The largest absolute Gasteiger partial charge is 0.460 e. The molecule has 0 heterocycles. The minimum absolute atomic E-state index is 0.156. The van der Waals surface area contributed by atoms with Crippen molar-refractivity contribution in [1.29, 1.82) is 0 Å². The fraction of sp³-hybridized carbons (Fsp3) is 0.444. The average molecular weight is 186 g/mol. The van der Waals surface area contributed by atoms with Gasteiger partial charge in [0.05, 0.1) is 0 Å². The van der Waals surface area contributed by atoms with Crippen LogP contribution in [0, 0.1) is 0 Å². The van der Waals surface area contributed by atoms with Gasteiger partial charge in [-0.05, 0) is 6.92 Å². The Labute approximate surface area is 77.7 Å². The highest BCUT2D eigenvalue weighted by Crippen LogP contribution is 1.91. The Morgan fingerprint density at radius 2 is 2.08 bits per heavy atom. The number of rotatable bonds is 7. The summed E-state index contributed by atoms with van der Waals surface area (Å²) in [5, 5.41) is 0. The summed E-state index contributed by atoms with van der Waals surface area (Å²) in [4.78, 5) is 20.0. The van der Waals surface area contributed by atoms with E-state index in [9.17, 15) is 4.79 Å². The molecule has 4 nitrogen and oxygen atoms in total. The summed E-state index contributed by atoms with van der Waals surface area (Å²) in [5.41, 5.74) is 0.368. The highest BCUT2D eigenvalue weighted by atomic mass is 17.2. The molecular weight excluding hydrogens is 172 g/mol. The molecule has 0 atom stereocenters. The molecule has 0 aliphatic rings. The molecule has 0 rings (SSSR count). The maximum atomic E-state index is 10.8. The van der Waals surface area contributed by atoms with Crippen molar-refractivity contribution in [1.82, 2.24) is 0 Å². The van der Waals surface area contributed by atoms with Crippen LogP contribution in [0.25, 0.3) is 0 Å². The van der Waals surface area contributed by atoms with E-state index in [1.807, 2.05) is 0 Å². The van der Waals surface area contributed by atoms with Crippen molar-refractivity contribution in [2.24, 2.45) is 0 Å². The third kappa shape index (κ3) is 7.24. The van der Waals surface area contributed by atoms with E-state index >= 15 is 0 Å². The number of hydrogen-bond donors (Lipinski definition) is 0. The minimum atomic E-state index is -0.424. The lowest BCUT2D eigenvalue weighted by Gasteiger charge is -2.03. The topological polar surface area (TPSA) is 44.8 Å². The molecule has 4 heteroatoms. The van der Waals surface area contributed by atoms with Gasteiger partial charge in [-0.3, -0.25) is 0 Å². The number of carbonyl (C=O) groups is 1. The molecule has 0 radical (unpaired) electrons. The Morgan fingerprint density at radius 3 is 2.62 bits per heavy atom.